The summed E-state index contributed by atoms with van der Waals surface area (Å²) in [6.07, 6.45) is 0. The Hall–Kier alpha value is -2.19. The van der Waals surface area contributed by atoms with E-state index in [1.54, 1.807) is 31.4 Å². The van der Waals surface area contributed by atoms with E-state index in [9.17, 15) is 8.42 Å². The molecule has 8 heteroatoms. The number of nitrogens with zero attached hydrogens (tertiary/aromatic N) is 2. The number of nitrogens with one attached hydrogen (secondary N) is 1. The molecule has 2 heterocycles. The molecule has 0 unspecified atom stereocenters. The first-order valence-electron chi connectivity index (χ1n) is 6.84. The summed E-state index contributed by atoms with van der Waals surface area (Å²) in [5.74, 6) is 1.25. The van der Waals surface area contributed by atoms with Gasteiger partial charge in [0.2, 0.25) is 0 Å². The third-order valence-corrected chi connectivity index (χ3v) is 5.50. The van der Waals surface area contributed by atoms with Crippen LogP contribution in [0.5, 0.6) is 5.75 Å². The molecule has 0 amide bonds. The molecule has 0 bridgehead atoms. The van der Waals surface area contributed by atoms with Crippen molar-refractivity contribution in [2.75, 3.05) is 7.11 Å². The second kappa shape index (κ2) is 6.51. The lowest BCUT2D eigenvalue weighted by Gasteiger charge is -2.05. The number of benzene rings is 1. The van der Waals surface area contributed by atoms with Gasteiger partial charge in [0.1, 0.15) is 17.3 Å². The van der Waals surface area contributed by atoms with Gasteiger partial charge in [-0.3, -0.25) is 5.10 Å². The van der Waals surface area contributed by atoms with Crippen molar-refractivity contribution in [3.05, 3.63) is 53.2 Å². The number of methoxy groups -OCH3 is 1. The molecule has 3 aromatic rings. The Kier molecular flexibility index (Phi) is 4.44. The predicted octanol–water partition coefficient (Wildman–Crippen LogP) is 2.66. The molecule has 0 aliphatic rings. The molecule has 1 aromatic carbocycles. The molecule has 3 rings (SSSR count). The van der Waals surface area contributed by atoms with E-state index in [-0.39, 0.29) is 11.5 Å². The van der Waals surface area contributed by atoms with Crippen molar-refractivity contribution in [1.29, 1.82) is 0 Å². The van der Waals surface area contributed by atoms with Gasteiger partial charge in [0.25, 0.3) is 0 Å². The van der Waals surface area contributed by atoms with Gasteiger partial charge in [-0.1, -0.05) is 18.2 Å². The number of rotatable bonds is 6. The van der Waals surface area contributed by atoms with E-state index < -0.39 is 9.84 Å². The highest BCUT2D eigenvalue weighted by Crippen LogP contribution is 2.21. The summed E-state index contributed by atoms with van der Waals surface area (Å²) in [7, 11) is -1.80. The summed E-state index contributed by atoms with van der Waals surface area (Å²) in [5, 5.41) is 8.69. The van der Waals surface area contributed by atoms with Crippen molar-refractivity contribution in [2.24, 2.45) is 0 Å². The average molecular weight is 349 g/mol. The number of thiophene rings is 1. The standard InChI is InChI=1S/C15H15N3O3S2/c1-21-12-5-2-4-11(8-12)9-23(19,20)10-14-16-15(18-17-14)13-6-3-7-22-13/h2-8H,9-10H2,1H3,(H,16,17,18). The molecular weight excluding hydrogens is 334 g/mol. The summed E-state index contributed by atoms with van der Waals surface area (Å²) >= 11 is 1.51. The van der Waals surface area contributed by atoms with Crippen LogP contribution in [0, 0.1) is 0 Å². The van der Waals surface area contributed by atoms with Crippen molar-refractivity contribution < 1.29 is 13.2 Å². The van der Waals surface area contributed by atoms with Gasteiger partial charge in [-0.2, -0.15) is 5.10 Å². The Morgan fingerprint density at radius 2 is 2.09 bits per heavy atom. The molecule has 0 aliphatic carbocycles. The fourth-order valence-electron chi connectivity index (χ4n) is 2.15. The molecule has 2 aromatic heterocycles. The van der Waals surface area contributed by atoms with Crippen molar-refractivity contribution in [1.82, 2.24) is 15.2 Å². The Balaban J connectivity index is 1.73. The van der Waals surface area contributed by atoms with Gasteiger partial charge in [0.05, 0.1) is 17.7 Å². The van der Waals surface area contributed by atoms with Gasteiger partial charge in [-0.25, -0.2) is 13.4 Å². The monoisotopic (exact) mass is 349 g/mol. The van der Waals surface area contributed by atoms with E-state index in [0.29, 0.717) is 23.0 Å². The van der Waals surface area contributed by atoms with E-state index >= 15 is 0 Å². The number of ether oxygens (including phenoxy) is 1. The molecule has 0 saturated heterocycles. The Bertz CT molecular complexity index is 886. The summed E-state index contributed by atoms with van der Waals surface area (Å²) in [4.78, 5) is 5.15. The average Bonchev–Trinajstić information content (AvgIpc) is 3.17. The Morgan fingerprint density at radius 3 is 2.83 bits per heavy atom. The molecule has 23 heavy (non-hydrogen) atoms. The first kappa shape index (κ1) is 15.7. The van der Waals surface area contributed by atoms with Crippen LogP contribution < -0.4 is 4.74 Å². The topological polar surface area (TPSA) is 84.9 Å². The highest BCUT2D eigenvalue weighted by Gasteiger charge is 2.17. The lowest BCUT2D eigenvalue weighted by Crippen LogP contribution is -2.09. The minimum absolute atomic E-state index is 0.0702. The van der Waals surface area contributed by atoms with Crippen LogP contribution in [0.2, 0.25) is 0 Å². The van der Waals surface area contributed by atoms with Gasteiger partial charge in [0.15, 0.2) is 15.7 Å². The third-order valence-electron chi connectivity index (χ3n) is 3.15. The van der Waals surface area contributed by atoms with Crippen molar-refractivity contribution in [2.45, 2.75) is 11.5 Å². The van der Waals surface area contributed by atoms with E-state index in [0.717, 1.165) is 4.88 Å². The maximum Gasteiger partial charge on any atom is 0.191 e. The van der Waals surface area contributed by atoms with Gasteiger partial charge < -0.3 is 4.74 Å². The molecule has 6 nitrogen and oxygen atoms in total. The minimum Gasteiger partial charge on any atom is -0.497 e. The number of hydrogen-bond donors (Lipinski definition) is 1. The lowest BCUT2D eigenvalue weighted by molar-refractivity contribution is 0.414. The van der Waals surface area contributed by atoms with Gasteiger partial charge in [-0.15, -0.1) is 11.3 Å². The lowest BCUT2D eigenvalue weighted by atomic mass is 10.2. The van der Waals surface area contributed by atoms with E-state index in [2.05, 4.69) is 15.2 Å². The summed E-state index contributed by atoms with van der Waals surface area (Å²) < 4.78 is 29.8. The zero-order valence-electron chi connectivity index (χ0n) is 12.4. The van der Waals surface area contributed by atoms with Crippen molar-refractivity contribution >= 4 is 21.2 Å². The molecule has 0 spiro atoms. The smallest absolute Gasteiger partial charge is 0.191 e. The highest BCUT2D eigenvalue weighted by molar-refractivity contribution is 7.89. The van der Waals surface area contributed by atoms with E-state index in [4.69, 9.17) is 4.74 Å². The largest absolute Gasteiger partial charge is 0.497 e. The molecule has 0 radical (unpaired) electrons. The van der Waals surface area contributed by atoms with Crippen molar-refractivity contribution in [3.63, 3.8) is 0 Å². The minimum atomic E-state index is -3.35. The number of aromatic nitrogens is 3. The normalized spacial score (nSPS) is 11.5. The van der Waals surface area contributed by atoms with Crippen LogP contribution in [0.3, 0.4) is 0 Å². The maximum absolute atomic E-state index is 12.3. The van der Waals surface area contributed by atoms with E-state index in [1.165, 1.54) is 11.3 Å². The molecular formula is C15H15N3O3S2. The second-order valence-corrected chi connectivity index (χ2v) is 7.98. The number of aromatic amines is 1. The fraction of sp³-hybridized carbons (Fsp3) is 0.200. The zero-order chi connectivity index (χ0) is 16.3. The van der Waals surface area contributed by atoms with Crippen LogP contribution in [0.15, 0.2) is 41.8 Å². The van der Waals surface area contributed by atoms with Gasteiger partial charge in [0, 0.05) is 0 Å². The summed E-state index contributed by atoms with van der Waals surface area (Å²) in [6.45, 7) is 0. The van der Waals surface area contributed by atoms with Crippen molar-refractivity contribution in [3.8, 4) is 16.5 Å². The van der Waals surface area contributed by atoms with Crippen LogP contribution in [0.25, 0.3) is 10.7 Å². The predicted molar refractivity (Wildman–Crippen MR) is 89.0 cm³/mol. The van der Waals surface area contributed by atoms with Crippen LogP contribution in [0.4, 0.5) is 0 Å². The first-order valence-corrected chi connectivity index (χ1v) is 9.54. The highest BCUT2D eigenvalue weighted by atomic mass is 32.2. The molecule has 0 fully saturated rings. The molecule has 120 valence electrons. The summed E-state index contributed by atoms with van der Waals surface area (Å²) in [5.41, 5.74) is 0.683. The molecule has 1 N–H and O–H groups in total. The van der Waals surface area contributed by atoms with Crippen LogP contribution in [0.1, 0.15) is 11.4 Å². The molecule has 0 aliphatic heterocycles. The van der Waals surface area contributed by atoms with Gasteiger partial charge in [-0.05, 0) is 29.1 Å². The number of H-pyrrole nitrogens is 1. The SMILES string of the molecule is COc1cccc(CS(=O)(=O)Cc2nc(-c3cccs3)n[nH]2)c1. The number of hydrogen-bond acceptors (Lipinski definition) is 6. The number of sulfone groups is 1. The third kappa shape index (κ3) is 3.96. The van der Waals surface area contributed by atoms with Gasteiger partial charge >= 0.3 is 0 Å². The Morgan fingerprint density at radius 1 is 1.22 bits per heavy atom. The quantitative estimate of drug-likeness (QED) is 0.739. The zero-order valence-corrected chi connectivity index (χ0v) is 14.0. The van der Waals surface area contributed by atoms with Crippen LogP contribution >= 0.6 is 11.3 Å². The van der Waals surface area contributed by atoms with Crippen LogP contribution in [-0.4, -0.2) is 30.7 Å². The van der Waals surface area contributed by atoms with E-state index in [1.807, 2.05) is 17.5 Å². The summed E-state index contributed by atoms with van der Waals surface area (Å²) in [6, 6.07) is 10.8. The second-order valence-electron chi connectivity index (χ2n) is 4.97. The first-order chi connectivity index (χ1) is 11.1. The van der Waals surface area contributed by atoms with Crippen LogP contribution in [-0.2, 0) is 21.3 Å². The maximum atomic E-state index is 12.3. The molecule has 0 atom stereocenters. The fourth-order valence-corrected chi connectivity index (χ4v) is 4.14. The Labute approximate surface area is 138 Å². The molecule has 0 saturated carbocycles.